The highest BCUT2D eigenvalue weighted by molar-refractivity contribution is 5.94. The molecule has 8 heteroatoms. The van der Waals surface area contributed by atoms with E-state index in [1.165, 1.54) is 12.1 Å². The number of aromatic nitrogens is 2. The van der Waals surface area contributed by atoms with Crippen LogP contribution in [0.4, 0.5) is 19.0 Å². The molecule has 136 valence electrons. The van der Waals surface area contributed by atoms with E-state index < -0.39 is 11.7 Å². The minimum Gasteiger partial charge on any atom is -0.356 e. The van der Waals surface area contributed by atoms with Crippen molar-refractivity contribution in [3.63, 3.8) is 0 Å². The van der Waals surface area contributed by atoms with Crippen molar-refractivity contribution >= 4 is 11.7 Å². The first-order chi connectivity index (χ1) is 12.3. The van der Waals surface area contributed by atoms with Crippen molar-refractivity contribution in [2.24, 2.45) is 0 Å². The summed E-state index contributed by atoms with van der Waals surface area (Å²) in [4.78, 5) is 25.4. The molecule has 1 amide bonds. The largest absolute Gasteiger partial charge is 0.416 e. The highest BCUT2D eigenvalue weighted by atomic mass is 19.4. The molecule has 0 bridgehead atoms. The van der Waals surface area contributed by atoms with Crippen molar-refractivity contribution in [2.45, 2.75) is 32.6 Å². The molecule has 3 heterocycles. The molecule has 2 aromatic rings. The fourth-order valence-electron chi connectivity index (χ4n) is 3.28. The van der Waals surface area contributed by atoms with Crippen LogP contribution in [-0.2, 0) is 19.3 Å². The van der Waals surface area contributed by atoms with Crippen LogP contribution in [0.1, 0.15) is 39.4 Å². The van der Waals surface area contributed by atoms with Gasteiger partial charge in [-0.15, -0.1) is 0 Å². The predicted molar refractivity (Wildman–Crippen MR) is 88.6 cm³/mol. The molecule has 0 aliphatic carbocycles. The van der Waals surface area contributed by atoms with Gasteiger partial charge in [0.2, 0.25) is 0 Å². The zero-order valence-electron chi connectivity index (χ0n) is 14.2. The Bertz CT molecular complexity index is 860. The first-order valence-corrected chi connectivity index (χ1v) is 8.41. The summed E-state index contributed by atoms with van der Waals surface area (Å²) in [5.41, 5.74) is 1.23. The lowest BCUT2D eigenvalue weighted by Crippen LogP contribution is -2.38. The third-order valence-corrected chi connectivity index (χ3v) is 4.77. The molecule has 26 heavy (non-hydrogen) atoms. The van der Waals surface area contributed by atoms with Crippen molar-refractivity contribution in [2.75, 3.05) is 18.0 Å². The van der Waals surface area contributed by atoms with Crippen LogP contribution in [-0.4, -0.2) is 33.9 Å². The number of anilines is 1. The molecular formula is C18H17F3N4O. The van der Waals surface area contributed by atoms with Crippen LogP contribution in [0.25, 0.3) is 0 Å². The first-order valence-electron chi connectivity index (χ1n) is 8.41. The number of fused-ring (bicyclic) bond motifs is 1. The number of carbonyl (C=O) groups is 1. The lowest BCUT2D eigenvalue weighted by Gasteiger charge is -2.33. The summed E-state index contributed by atoms with van der Waals surface area (Å²) in [6, 6.07) is 4.32. The zero-order valence-corrected chi connectivity index (χ0v) is 14.2. The summed E-state index contributed by atoms with van der Waals surface area (Å²) >= 11 is 0. The van der Waals surface area contributed by atoms with E-state index in [9.17, 15) is 18.0 Å². The summed E-state index contributed by atoms with van der Waals surface area (Å²) in [6.07, 6.45) is -3.29. The number of alkyl halides is 3. The Morgan fingerprint density at radius 3 is 2.35 bits per heavy atom. The Kier molecular flexibility index (Phi) is 3.86. The number of aryl methyl sites for hydroxylation is 1. The molecule has 0 N–H and O–H groups in total. The number of nitrogens with zero attached hydrogens (tertiary/aromatic N) is 4. The lowest BCUT2D eigenvalue weighted by atomic mass is 10.1. The van der Waals surface area contributed by atoms with Crippen LogP contribution in [0.3, 0.4) is 0 Å². The van der Waals surface area contributed by atoms with Gasteiger partial charge in [-0.1, -0.05) is 0 Å². The zero-order chi connectivity index (χ0) is 18.5. The fraction of sp³-hybridized carbons (Fsp3) is 0.389. The lowest BCUT2D eigenvalue weighted by molar-refractivity contribution is -0.137. The van der Waals surface area contributed by atoms with E-state index in [4.69, 9.17) is 0 Å². The maximum absolute atomic E-state index is 12.7. The minimum atomic E-state index is -4.41. The van der Waals surface area contributed by atoms with E-state index in [0.717, 1.165) is 48.7 Å². The average Bonchev–Trinajstić information content (AvgIpc) is 2.95. The number of benzene rings is 1. The van der Waals surface area contributed by atoms with Gasteiger partial charge in [0.25, 0.3) is 5.91 Å². The van der Waals surface area contributed by atoms with E-state index in [1.54, 1.807) is 4.90 Å². The van der Waals surface area contributed by atoms with Crippen LogP contribution in [0.15, 0.2) is 24.3 Å². The second-order valence-electron chi connectivity index (χ2n) is 6.60. The quantitative estimate of drug-likeness (QED) is 0.823. The van der Waals surface area contributed by atoms with Crippen LogP contribution in [0.2, 0.25) is 0 Å². The number of hydrogen-bond acceptors (Lipinski definition) is 4. The Morgan fingerprint density at radius 1 is 1.08 bits per heavy atom. The molecule has 0 unspecified atom stereocenters. The number of rotatable bonds is 2. The summed E-state index contributed by atoms with van der Waals surface area (Å²) in [6.45, 7) is 4.43. The molecule has 4 rings (SSSR count). The van der Waals surface area contributed by atoms with Crippen molar-refractivity contribution in [1.29, 1.82) is 0 Å². The van der Waals surface area contributed by atoms with Gasteiger partial charge in [-0.2, -0.15) is 13.2 Å². The molecule has 2 aliphatic heterocycles. The number of amides is 1. The van der Waals surface area contributed by atoms with Gasteiger partial charge in [0.15, 0.2) is 0 Å². The molecule has 1 aromatic heterocycles. The third kappa shape index (κ3) is 2.89. The van der Waals surface area contributed by atoms with E-state index in [0.29, 0.717) is 18.9 Å². The van der Waals surface area contributed by atoms with E-state index in [1.807, 2.05) is 6.92 Å². The van der Waals surface area contributed by atoms with Crippen LogP contribution >= 0.6 is 0 Å². The topological polar surface area (TPSA) is 49.3 Å². The maximum Gasteiger partial charge on any atom is 0.416 e. The standard InChI is InChI=1S/C18H17F3N4O/c1-11-22-15-10-25(9-14(15)16(23-11)24-7-2-8-24)17(26)12-3-5-13(6-4-12)18(19,20)21/h3-6H,2,7-10H2,1H3. The van der Waals surface area contributed by atoms with Gasteiger partial charge in [0.1, 0.15) is 11.6 Å². The smallest absolute Gasteiger partial charge is 0.356 e. The van der Waals surface area contributed by atoms with Crippen molar-refractivity contribution in [3.05, 3.63) is 52.5 Å². The van der Waals surface area contributed by atoms with E-state index >= 15 is 0 Å². The van der Waals surface area contributed by atoms with Gasteiger partial charge in [-0.3, -0.25) is 4.79 Å². The summed E-state index contributed by atoms with van der Waals surface area (Å²) in [5.74, 6) is 1.24. The highest BCUT2D eigenvalue weighted by Gasteiger charge is 2.33. The SMILES string of the molecule is Cc1nc2c(c(N3CCC3)n1)CN(C(=O)c1ccc(C(F)(F)F)cc1)C2. The normalized spacial score (nSPS) is 16.5. The molecule has 0 spiro atoms. The molecule has 5 nitrogen and oxygen atoms in total. The monoisotopic (exact) mass is 362 g/mol. The average molecular weight is 362 g/mol. The number of carbonyl (C=O) groups excluding carboxylic acids is 1. The van der Waals surface area contributed by atoms with Crippen LogP contribution < -0.4 is 4.90 Å². The minimum absolute atomic E-state index is 0.237. The molecule has 0 atom stereocenters. The van der Waals surface area contributed by atoms with Gasteiger partial charge in [-0.25, -0.2) is 9.97 Å². The molecule has 1 fully saturated rings. The molecule has 0 saturated carbocycles. The molecule has 0 radical (unpaired) electrons. The molecule has 2 aliphatic rings. The third-order valence-electron chi connectivity index (χ3n) is 4.77. The number of hydrogen-bond donors (Lipinski definition) is 0. The Hall–Kier alpha value is -2.64. The van der Waals surface area contributed by atoms with Crippen molar-refractivity contribution in [3.8, 4) is 0 Å². The first kappa shape index (κ1) is 16.8. The fourth-order valence-corrected chi connectivity index (χ4v) is 3.28. The van der Waals surface area contributed by atoms with Gasteiger partial charge in [0.05, 0.1) is 24.3 Å². The van der Waals surface area contributed by atoms with Crippen LogP contribution in [0.5, 0.6) is 0 Å². The molecule has 1 aromatic carbocycles. The summed E-state index contributed by atoms with van der Waals surface area (Å²) in [5, 5.41) is 0. The highest BCUT2D eigenvalue weighted by Crippen LogP contribution is 2.33. The Balaban J connectivity index is 1.57. The van der Waals surface area contributed by atoms with E-state index in [2.05, 4.69) is 14.9 Å². The van der Waals surface area contributed by atoms with Gasteiger partial charge in [-0.05, 0) is 37.6 Å². The second kappa shape index (κ2) is 5.96. The van der Waals surface area contributed by atoms with E-state index in [-0.39, 0.29) is 11.5 Å². The van der Waals surface area contributed by atoms with Gasteiger partial charge < -0.3 is 9.80 Å². The summed E-state index contributed by atoms with van der Waals surface area (Å²) < 4.78 is 38.0. The predicted octanol–water partition coefficient (Wildman–Crippen LogP) is 3.17. The summed E-state index contributed by atoms with van der Waals surface area (Å²) in [7, 11) is 0. The van der Waals surface area contributed by atoms with Crippen molar-refractivity contribution < 1.29 is 18.0 Å². The van der Waals surface area contributed by atoms with Crippen LogP contribution in [0, 0.1) is 6.92 Å². The number of halogens is 3. The Morgan fingerprint density at radius 2 is 1.77 bits per heavy atom. The molecular weight excluding hydrogens is 345 g/mol. The Labute approximate surface area is 148 Å². The van der Waals surface area contributed by atoms with Crippen molar-refractivity contribution in [1.82, 2.24) is 14.9 Å². The van der Waals surface area contributed by atoms with Gasteiger partial charge in [0, 0.05) is 24.2 Å². The maximum atomic E-state index is 12.7. The van der Waals surface area contributed by atoms with Gasteiger partial charge >= 0.3 is 6.18 Å². The second-order valence-corrected chi connectivity index (χ2v) is 6.60. The molecule has 1 saturated heterocycles.